The standard InChI is InChI=1S/C9H12O3.Ca/c1-2-6(10)9-7(11)4-3-5-8(9)12;/h9H,2-5H2,1H3;. The molecule has 0 aromatic carbocycles. The van der Waals surface area contributed by atoms with Crippen LogP contribution in [0.1, 0.15) is 32.6 Å². The number of Topliss-reactive ketones (excluding diaryl/α,β-unsaturated/α-hetero) is 3. The van der Waals surface area contributed by atoms with E-state index in [1.165, 1.54) is 0 Å². The van der Waals surface area contributed by atoms with Gasteiger partial charge in [0.05, 0.1) is 0 Å². The van der Waals surface area contributed by atoms with Crippen LogP contribution in [0, 0.1) is 5.92 Å². The summed E-state index contributed by atoms with van der Waals surface area (Å²) in [6, 6.07) is 0. The monoisotopic (exact) mass is 208 g/mol. The Kier molecular flexibility index (Phi) is 6.01. The first-order chi connectivity index (χ1) is 5.66. The third-order valence-electron chi connectivity index (χ3n) is 2.16. The van der Waals surface area contributed by atoms with E-state index in [0.29, 0.717) is 19.3 Å². The molecule has 0 amide bonds. The molecule has 3 nitrogen and oxygen atoms in total. The number of ketones is 3. The van der Waals surface area contributed by atoms with E-state index in [1.807, 2.05) is 0 Å². The third kappa shape index (κ3) is 3.15. The van der Waals surface area contributed by atoms with E-state index in [-0.39, 0.29) is 61.5 Å². The van der Waals surface area contributed by atoms with Gasteiger partial charge in [-0.3, -0.25) is 14.4 Å². The van der Waals surface area contributed by atoms with Crippen LogP contribution < -0.4 is 0 Å². The molecule has 0 aromatic heterocycles. The average molecular weight is 208 g/mol. The maximum Gasteiger partial charge on any atom is 0.150 e. The third-order valence-corrected chi connectivity index (χ3v) is 2.16. The molecule has 0 aromatic rings. The zero-order chi connectivity index (χ0) is 9.14. The molecule has 0 unspecified atom stereocenters. The molecular weight excluding hydrogens is 196 g/mol. The van der Waals surface area contributed by atoms with Crippen molar-refractivity contribution in [2.45, 2.75) is 32.6 Å². The fourth-order valence-electron chi connectivity index (χ4n) is 1.47. The molecule has 1 aliphatic rings. The van der Waals surface area contributed by atoms with Gasteiger partial charge in [0.1, 0.15) is 5.92 Å². The van der Waals surface area contributed by atoms with E-state index in [0.717, 1.165) is 0 Å². The van der Waals surface area contributed by atoms with Crippen molar-refractivity contribution in [3.8, 4) is 0 Å². The van der Waals surface area contributed by atoms with Gasteiger partial charge in [0.2, 0.25) is 0 Å². The van der Waals surface area contributed by atoms with Gasteiger partial charge in [-0.15, -0.1) is 0 Å². The van der Waals surface area contributed by atoms with Gasteiger partial charge in [0.15, 0.2) is 17.3 Å². The minimum atomic E-state index is -0.913. The Hall–Kier alpha value is 0.270. The predicted octanol–water partition coefficient (Wildman–Crippen LogP) is 0.523. The zero-order valence-corrected chi connectivity index (χ0v) is 10.0. The minimum Gasteiger partial charge on any atom is -0.298 e. The van der Waals surface area contributed by atoms with Gasteiger partial charge in [-0.1, -0.05) is 6.92 Å². The Morgan fingerprint density at radius 2 is 1.77 bits per heavy atom. The van der Waals surface area contributed by atoms with Crippen molar-refractivity contribution < 1.29 is 14.4 Å². The van der Waals surface area contributed by atoms with Crippen molar-refractivity contribution in [3.63, 3.8) is 0 Å². The van der Waals surface area contributed by atoms with Crippen molar-refractivity contribution in [2.24, 2.45) is 5.92 Å². The maximum atomic E-state index is 11.2. The topological polar surface area (TPSA) is 51.2 Å². The molecule has 1 fully saturated rings. The van der Waals surface area contributed by atoms with Crippen molar-refractivity contribution in [1.29, 1.82) is 0 Å². The summed E-state index contributed by atoms with van der Waals surface area (Å²) in [6.07, 6.45) is 1.68. The summed E-state index contributed by atoms with van der Waals surface area (Å²) in [6.45, 7) is 1.68. The van der Waals surface area contributed by atoms with Crippen LogP contribution >= 0.6 is 0 Å². The SMILES string of the molecule is CCC(=O)C1C(=O)CCCC1=O.[Ca]. The van der Waals surface area contributed by atoms with Crippen LogP contribution in [0.25, 0.3) is 0 Å². The van der Waals surface area contributed by atoms with Crippen molar-refractivity contribution in [2.75, 3.05) is 0 Å². The molecule has 2 radical (unpaired) electrons. The van der Waals surface area contributed by atoms with Crippen LogP contribution in [0.5, 0.6) is 0 Å². The average Bonchev–Trinajstić information content (AvgIpc) is 2.03. The second kappa shape index (κ2) is 5.89. The number of carbonyl (C=O) groups excluding carboxylic acids is 3. The zero-order valence-electron chi connectivity index (χ0n) is 7.84. The number of carbonyl (C=O) groups is 3. The van der Waals surface area contributed by atoms with Crippen LogP contribution in [0.2, 0.25) is 0 Å². The smallest absolute Gasteiger partial charge is 0.150 e. The van der Waals surface area contributed by atoms with E-state index in [4.69, 9.17) is 0 Å². The van der Waals surface area contributed by atoms with Crippen molar-refractivity contribution in [1.82, 2.24) is 0 Å². The molecular formula is C9H12CaO3. The Balaban J connectivity index is 0.00000144. The second-order valence-electron chi connectivity index (χ2n) is 3.04. The number of hydrogen-bond acceptors (Lipinski definition) is 3. The molecule has 4 heteroatoms. The summed E-state index contributed by atoms with van der Waals surface area (Å²) >= 11 is 0. The van der Waals surface area contributed by atoms with Crippen molar-refractivity contribution in [3.05, 3.63) is 0 Å². The summed E-state index contributed by atoms with van der Waals surface area (Å²) in [7, 11) is 0. The van der Waals surface area contributed by atoms with Crippen LogP contribution in [-0.2, 0) is 14.4 Å². The molecule has 0 aliphatic heterocycles. The number of hydrogen-bond donors (Lipinski definition) is 0. The van der Waals surface area contributed by atoms with Gasteiger partial charge in [0, 0.05) is 57.0 Å². The summed E-state index contributed by atoms with van der Waals surface area (Å²) in [5.74, 6) is -1.50. The maximum absolute atomic E-state index is 11.2. The van der Waals surface area contributed by atoms with Gasteiger partial charge in [-0.2, -0.15) is 0 Å². The first-order valence-corrected chi connectivity index (χ1v) is 4.25. The Morgan fingerprint density at radius 3 is 2.15 bits per heavy atom. The molecule has 0 atom stereocenters. The van der Waals surface area contributed by atoms with E-state index in [9.17, 15) is 14.4 Å². The Morgan fingerprint density at radius 1 is 1.31 bits per heavy atom. The van der Waals surface area contributed by atoms with Crippen LogP contribution in [0.3, 0.4) is 0 Å². The molecule has 0 bridgehead atoms. The van der Waals surface area contributed by atoms with Crippen LogP contribution in [0.15, 0.2) is 0 Å². The first kappa shape index (κ1) is 13.3. The van der Waals surface area contributed by atoms with Crippen molar-refractivity contribution >= 4 is 55.1 Å². The van der Waals surface area contributed by atoms with Crippen LogP contribution in [-0.4, -0.2) is 55.1 Å². The molecule has 1 rings (SSSR count). The fourth-order valence-corrected chi connectivity index (χ4v) is 1.47. The van der Waals surface area contributed by atoms with E-state index in [2.05, 4.69) is 0 Å². The largest absolute Gasteiger partial charge is 0.298 e. The molecule has 13 heavy (non-hydrogen) atoms. The Labute approximate surface area is 107 Å². The molecule has 0 saturated heterocycles. The number of rotatable bonds is 2. The van der Waals surface area contributed by atoms with E-state index < -0.39 is 5.92 Å². The molecule has 1 saturated carbocycles. The van der Waals surface area contributed by atoms with Gasteiger partial charge in [-0.05, 0) is 6.42 Å². The molecule has 68 valence electrons. The molecule has 0 spiro atoms. The van der Waals surface area contributed by atoms with E-state index in [1.54, 1.807) is 6.92 Å². The summed E-state index contributed by atoms with van der Waals surface area (Å²) in [5, 5.41) is 0. The first-order valence-electron chi connectivity index (χ1n) is 4.25. The normalized spacial score (nSPS) is 18.2. The second-order valence-corrected chi connectivity index (χ2v) is 3.04. The van der Waals surface area contributed by atoms with Crippen LogP contribution in [0.4, 0.5) is 0 Å². The minimum absolute atomic E-state index is 0. The van der Waals surface area contributed by atoms with Gasteiger partial charge < -0.3 is 0 Å². The van der Waals surface area contributed by atoms with Gasteiger partial charge in [0.25, 0.3) is 0 Å². The summed E-state index contributed by atoms with van der Waals surface area (Å²) in [5.41, 5.74) is 0. The van der Waals surface area contributed by atoms with E-state index >= 15 is 0 Å². The van der Waals surface area contributed by atoms with Gasteiger partial charge in [-0.25, -0.2) is 0 Å². The summed E-state index contributed by atoms with van der Waals surface area (Å²) < 4.78 is 0. The van der Waals surface area contributed by atoms with Gasteiger partial charge >= 0.3 is 0 Å². The fraction of sp³-hybridized carbons (Fsp3) is 0.667. The molecule has 0 heterocycles. The predicted molar refractivity (Wildman–Crippen MR) is 48.4 cm³/mol. The quantitative estimate of drug-likeness (QED) is 0.491. The molecule has 0 N–H and O–H groups in total. The Bertz CT molecular complexity index is 208. The summed E-state index contributed by atoms with van der Waals surface area (Å²) in [4.78, 5) is 33.5. The molecule has 1 aliphatic carbocycles.